The van der Waals surface area contributed by atoms with Gasteiger partial charge in [-0.2, -0.15) is 0 Å². The third-order valence-corrected chi connectivity index (χ3v) is 5.05. The molecule has 1 saturated heterocycles. The summed E-state index contributed by atoms with van der Waals surface area (Å²) in [5.74, 6) is -1.35. The van der Waals surface area contributed by atoms with Gasteiger partial charge in [-0.15, -0.1) is 0 Å². The lowest BCUT2D eigenvalue weighted by molar-refractivity contribution is -0.122. The van der Waals surface area contributed by atoms with E-state index in [2.05, 4.69) is 40.0 Å². The second-order valence-electron chi connectivity index (χ2n) is 6.20. The molecule has 1 N–H and O–H groups in total. The lowest BCUT2D eigenvalue weighted by Crippen LogP contribution is -2.54. The third-order valence-electron chi connectivity index (χ3n) is 4.52. The van der Waals surface area contributed by atoms with Crippen molar-refractivity contribution in [1.82, 2.24) is 5.32 Å². The first-order chi connectivity index (χ1) is 13.4. The van der Waals surface area contributed by atoms with E-state index < -0.39 is 17.8 Å². The van der Waals surface area contributed by atoms with Crippen LogP contribution in [0.1, 0.15) is 19.4 Å². The number of urea groups is 1. The summed E-state index contributed by atoms with van der Waals surface area (Å²) in [6.45, 7) is 5.94. The Kier molecular flexibility index (Phi) is 5.94. The lowest BCUT2D eigenvalue weighted by Gasteiger charge is -2.26. The number of nitrogens with zero attached hydrogens (tertiary/aromatic N) is 2. The molecule has 7 heteroatoms. The molecule has 0 aromatic heterocycles. The van der Waals surface area contributed by atoms with E-state index in [4.69, 9.17) is 0 Å². The monoisotopic (exact) mass is 441 g/mol. The van der Waals surface area contributed by atoms with Gasteiger partial charge in [0.2, 0.25) is 0 Å². The largest absolute Gasteiger partial charge is 0.372 e. The van der Waals surface area contributed by atoms with Crippen LogP contribution in [-0.4, -0.2) is 30.9 Å². The number of halogens is 1. The molecule has 0 atom stereocenters. The van der Waals surface area contributed by atoms with E-state index in [9.17, 15) is 14.4 Å². The number of benzene rings is 2. The molecule has 28 heavy (non-hydrogen) atoms. The first-order valence-electron chi connectivity index (χ1n) is 8.96. The Labute approximate surface area is 171 Å². The number of anilines is 2. The second kappa shape index (κ2) is 8.39. The van der Waals surface area contributed by atoms with E-state index in [1.165, 1.54) is 6.08 Å². The zero-order chi connectivity index (χ0) is 20.3. The molecule has 1 heterocycles. The van der Waals surface area contributed by atoms with Gasteiger partial charge in [0.15, 0.2) is 0 Å². The molecule has 1 fully saturated rings. The van der Waals surface area contributed by atoms with Crippen molar-refractivity contribution in [2.24, 2.45) is 0 Å². The van der Waals surface area contributed by atoms with Gasteiger partial charge in [-0.05, 0) is 61.9 Å². The molecule has 0 radical (unpaired) electrons. The van der Waals surface area contributed by atoms with Gasteiger partial charge in [0, 0.05) is 23.2 Å². The lowest BCUT2D eigenvalue weighted by atomic mass is 10.1. The average molecular weight is 442 g/mol. The number of carbonyl (C=O) groups is 3. The highest BCUT2D eigenvalue weighted by Gasteiger charge is 2.36. The SMILES string of the molecule is CCN(CC)c1ccc(/C=C2\C(=O)NC(=O)N(c3ccc(Br)cc3)C2=O)cc1. The van der Waals surface area contributed by atoms with Crippen molar-refractivity contribution in [2.75, 3.05) is 22.9 Å². The molecule has 0 saturated carbocycles. The molecule has 1 aliphatic heterocycles. The van der Waals surface area contributed by atoms with Gasteiger partial charge in [-0.3, -0.25) is 14.9 Å². The molecule has 0 unspecified atom stereocenters. The Morgan fingerprint density at radius 2 is 1.57 bits per heavy atom. The van der Waals surface area contributed by atoms with E-state index >= 15 is 0 Å². The van der Waals surface area contributed by atoms with E-state index in [0.717, 1.165) is 28.1 Å². The number of imide groups is 2. The van der Waals surface area contributed by atoms with Crippen LogP contribution in [0.2, 0.25) is 0 Å². The number of carbonyl (C=O) groups excluding carboxylic acids is 3. The van der Waals surface area contributed by atoms with Crippen molar-refractivity contribution in [3.63, 3.8) is 0 Å². The smallest absolute Gasteiger partial charge is 0.335 e. The van der Waals surface area contributed by atoms with Crippen molar-refractivity contribution in [3.8, 4) is 0 Å². The minimum atomic E-state index is -0.758. The van der Waals surface area contributed by atoms with Crippen LogP contribution in [-0.2, 0) is 9.59 Å². The maximum Gasteiger partial charge on any atom is 0.335 e. The van der Waals surface area contributed by atoms with Crippen molar-refractivity contribution >= 4 is 51.2 Å². The normalized spacial score (nSPS) is 15.8. The quantitative estimate of drug-likeness (QED) is 0.562. The number of nitrogens with one attached hydrogen (secondary N) is 1. The van der Waals surface area contributed by atoms with Crippen LogP contribution in [0.4, 0.5) is 16.2 Å². The zero-order valence-corrected chi connectivity index (χ0v) is 17.2. The molecular weight excluding hydrogens is 422 g/mol. The number of hydrogen-bond donors (Lipinski definition) is 1. The predicted octanol–water partition coefficient (Wildman–Crippen LogP) is 3.96. The molecule has 0 spiro atoms. The minimum absolute atomic E-state index is 0.0851. The zero-order valence-electron chi connectivity index (χ0n) is 15.6. The molecule has 2 aromatic rings. The Morgan fingerprint density at radius 3 is 2.14 bits per heavy atom. The van der Waals surface area contributed by atoms with Crippen LogP contribution < -0.4 is 15.1 Å². The third kappa shape index (κ3) is 3.99. The number of hydrogen-bond acceptors (Lipinski definition) is 4. The fourth-order valence-corrected chi connectivity index (χ4v) is 3.28. The Morgan fingerprint density at radius 1 is 0.964 bits per heavy atom. The standard InChI is InChI=1S/C21H20BrN3O3/c1-3-24(4-2)16-9-5-14(6-10-16)13-18-19(26)23-21(28)25(20(18)27)17-11-7-15(22)8-12-17/h5-13H,3-4H2,1-2H3,(H,23,26,28)/b18-13+. The maximum absolute atomic E-state index is 12.9. The molecule has 4 amide bonds. The maximum atomic E-state index is 12.9. The van der Waals surface area contributed by atoms with Crippen molar-refractivity contribution in [3.05, 3.63) is 64.1 Å². The van der Waals surface area contributed by atoms with E-state index in [-0.39, 0.29) is 5.57 Å². The molecular formula is C21H20BrN3O3. The van der Waals surface area contributed by atoms with Crippen molar-refractivity contribution in [2.45, 2.75) is 13.8 Å². The summed E-state index contributed by atoms with van der Waals surface area (Å²) in [6, 6.07) is 13.5. The van der Waals surface area contributed by atoms with Gasteiger partial charge in [0.1, 0.15) is 5.57 Å². The summed E-state index contributed by atoms with van der Waals surface area (Å²) in [4.78, 5) is 40.5. The predicted molar refractivity (Wildman–Crippen MR) is 113 cm³/mol. The second-order valence-corrected chi connectivity index (χ2v) is 7.11. The van der Waals surface area contributed by atoms with Gasteiger partial charge in [0.25, 0.3) is 11.8 Å². The summed E-state index contributed by atoms with van der Waals surface area (Å²) in [7, 11) is 0. The highest BCUT2D eigenvalue weighted by atomic mass is 79.9. The Hall–Kier alpha value is -2.93. The van der Waals surface area contributed by atoms with Crippen LogP contribution >= 0.6 is 15.9 Å². The van der Waals surface area contributed by atoms with Gasteiger partial charge in [0.05, 0.1) is 5.69 Å². The van der Waals surface area contributed by atoms with Gasteiger partial charge >= 0.3 is 6.03 Å². The Balaban J connectivity index is 1.91. The van der Waals surface area contributed by atoms with Crippen LogP contribution in [0, 0.1) is 0 Å². The van der Waals surface area contributed by atoms with Crippen molar-refractivity contribution in [1.29, 1.82) is 0 Å². The summed E-state index contributed by atoms with van der Waals surface area (Å²) in [5.41, 5.74) is 2.08. The fourth-order valence-electron chi connectivity index (χ4n) is 3.02. The van der Waals surface area contributed by atoms with Crippen LogP contribution in [0.15, 0.2) is 58.6 Å². The fraction of sp³-hybridized carbons (Fsp3) is 0.190. The van der Waals surface area contributed by atoms with Gasteiger partial charge in [-0.1, -0.05) is 28.1 Å². The van der Waals surface area contributed by atoms with Gasteiger partial charge < -0.3 is 4.90 Å². The van der Waals surface area contributed by atoms with Crippen LogP contribution in [0.25, 0.3) is 6.08 Å². The molecule has 2 aromatic carbocycles. The Bertz CT molecular complexity index is 932. The van der Waals surface area contributed by atoms with E-state index in [1.807, 2.05) is 24.3 Å². The highest BCUT2D eigenvalue weighted by Crippen LogP contribution is 2.24. The number of barbiturate groups is 1. The summed E-state index contributed by atoms with van der Waals surface area (Å²) < 4.78 is 0.821. The highest BCUT2D eigenvalue weighted by molar-refractivity contribution is 9.10. The molecule has 0 bridgehead atoms. The van der Waals surface area contributed by atoms with Crippen molar-refractivity contribution < 1.29 is 14.4 Å². The summed E-state index contributed by atoms with van der Waals surface area (Å²) >= 11 is 3.32. The number of rotatable bonds is 5. The number of amides is 4. The van der Waals surface area contributed by atoms with Gasteiger partial charge in [-0.25, -0.2) is 9.69 Å². The van der Waals surface area contributed by atoms with E-state index in [1.54, 1.807) is 24.3 Å². The molecule has 3 rings (SSSR count). The summed E-state index contributed by atoms with van der Waals surface area (Å²) in [6.07, 6.45) is 1.50. The summed E-state index contributed by atoms with van der Waals surface area (Å²) in [5, 5.41) is 2.23. The first-order valence-corrected chi connectivity index (χ1v) is 9.76. The molecule has 0 aliphatic carbocycles. The molecule has 6 nitrogen and oxygen atoms in total. The minimum Gasteiger partial charge on any atom is -0.372 e. The topological polar surface area (TPSA) is 69.7 Å². The molecule has 1 aliphatic rings. The van der Waals surface area contributed by atoms with Crippen LogP contribution in [0.5, 0.6) is 0 Å². The average Bonchev–Trinajstić information content (AvgIpc) is 2.68. The molecule has 144 valence electrons. The first kappa shape index (κ1) is 19.8. The van der Waals surface area contributed by atoms with Crippen LogP contribution in [0.3, 0.4) is 0 Å². The van der Waals surface area contributed by atoms with E-state index in [0.29, 0.717) is 11.3 Å².